The first-order valence-electron chi connectivity index (χ1n) is 8.62. The first-order chi connectivity index (χ1) is 12.9. The number of halogens is 1. The van der Waals surface area contributed by atoms with E-state index in [0.29, 0.717) is 17.9 Å². The van der Waals surface area contributed by atoms with E-state index in [1.807, 2.05) is 0 Å². The molecular weight excluding hydrogens is 371 g/mol. The van der Waals surface area contributed by atoms with Crippen LogP contribution in [0.3, 0.4) is 0 Å². The lowest BCUT2D eigenvalue weighted by atomic mass is 10.2. The maximum absolute atomic E-state index is 13.0. The summed E-state index contributed by atoms with van der Waals surface area (Å²) in [7, 11) is -2.52. The Labute approximate surface area is 158 Å². The Morgan fingerprint density at radius 1 is 1.11 bits per heavy atom. The van der Waals surface area contributed by atoms with Crippen LogP contribution in [0.25, 0.3) is 0 Å². The lowest BCUT2D eigenvalue weighted by Gasteiger charge is -2.14. The number of rotatable bonds is 9. The fourth-order valence-electron chi connectivity index (χ4n) is 2.44. The number of sulfonamides is 1. The molecule has 0 heterocycles. The summed E-state index contributed by atoms with van der Waals surface area (Å²) in [5, 5.41) is 2.75. The number of hydrogen-bond donors (Lipinski definition) is 2. The second-order valence-electron chi connectivity index (χ2n) is 5.98. The monoisotopic (exact) mass is 394 g/mol. The molecule has 2 N–H and O–H groups in total. The zero-order valence-corrected chi connectivity index (χ0v) is 16.1. The van der Waals surface area contributed by atoms with Gasteiger partial charge in [-0.25, -0.2) is 12.8 Å². The Bertz CT molecular complexity index is 883. The molecule has 2 aromatic rings. The zero-order chi connectivity index (χ0) is 19.9. The molecule has 6 nitrogen and oxygen atoms in total. The summed E-state index contributed by atoms with van der Waals surface area (Å²) >= 11 is 0. The quantitative estimate of drug-likeness (QED) is 0.626. The largest absolute Gasteiger partial charge is 0.495 e. The highest BCUT2D eigenvalue weighted by molar-refractivity contribution is 7.92. The topological polar surface area (TPSA) is 84.5 Å². The van der Waals surface area contributed by atoms with Crippen molar-refractivity contribution in [1.82, 2.24) is 0 Å². The van der Waals surface area contributed by atoms with Crippen molar-refractivity contribution in [2.45, 2.75) is 37.5 Å². The van der Waals surface area contributed by atoms with E-state index in [0.717, 1.165) is 31.4 Å². The predicted octanol–water partition coefficient (Wildman–Crippen LogP) is 4.15. The van der Waals surface area contributed by atoms with Crippen LogP contribution in [0.15, 0.2) is 47.4 Å². The van der Waals surface area contributed by atoms with Crippen molar-refractivity contribution in [3.8, 4) is 5.75 Å². The van der Waals surface area contributed by atoms with Gasteiger partial charge in [-0.05, 0) is 48.9 Å². The number of carbonyl (C=O) groups is 1. The maximum atomic E-state index is 13.0. The molecule has 1 amide bonds. The molecule has 146 valence electrons. The number of carbonyl (C=O) groups excluding carboxylic acids is 1. The summed E-state index contributed by atoms with van der Waals surface area (Å²) in [4.78, 5) is 11.9. The summed E-state index contributed by atoms with van der Waals surface area (Å²) in [5.41, 5.74) is 0.627. The van der Waals surface area contributed by atoms with Crippen LogP contribution in [-0.4, -0.2) is 21.4 Å². The van der Waals surface area contributed by atoms with Crippen molar-refractivity contribution < 1.29 is 22.3 Å². The van der Waals surface area contributed by atoms with Gasteiger partial charge in [0.05, 0.1) is 17.7 Å². The molecule has 0 fully saturated rings. The van der Waals surface area contributed by atoms with Crippen molar-refractivity contribution in [2.75, 3.05) is 17.1 Å². The van der Waals surface area contributed by atoms with Crippen molar-refractivity contribution in [1.29, 1.82) is 0 Å². The summed E-state index contributed by atoms with van der Waals surface area (Å²) in [5.74, 6) is -0.370. The number of ether oxygens (including phenoxy) is 1. The lowest BCUT2D eigenvalue weighted by Crippen LogP contribution is -2.15. The summed E-state index contributed by atoms with van der Waals surface area (Å²) in [6.45, 7) is 2.06. The molecule has 0 saturated carbocycles. The summed E-state index contributed by atoms with van der Waals surface area (Å²) < 4.78 is 45.7. The molecule has 0 atom stereocenters. The van der Waals surface area contributed by atoms with E-state index in [1.54, 1.807) is 12.1 Å². The zero-order valence-electron chi connectivity index (χ0n) is 15.3. The Kier molecular flexibility index (Phi) is 7.18. The Hall–Kier alpha value is -2.61. The van der Waals surface area contributed by atoms with Gasteiger partial charge in [0, 0.05) is 12.1 Å². The van der Waals surface area contributed by atoms with Crippen LogP contribution in [0.4, 0.5) is 15.8 Å². The van der Waals surface area contributed by atoms with Crippen molar-refractivity contribution in [2.24, 2.45) is 0 Å². The Morgan fingerprint density at radius 2 is 1.81 bits per heavy atom. The minimum absolute atomic E-state index is 0.0834. The fourth-order valence-corrected chi connectivity index (χ4v) is 3.50. The van der Waals surface area contributed by atoms with Gasteiger partial charge in [-0.15, -0.1) is 0 Å². The van der Waals surface area contributed by atoms with Gasteiger partial charge in [0.2, 0.25) is 5.91 Å². The second-order valence-corrected chi connectivity index (χ2v) is 7.66. The van der Waals surface area contributed by atoms with E-state index in [2.05, 4.69) is 17.0 Å². The Balaban J connectivity index is 2.19. The number of unbranched alkanes of at least 4 members (excludes halogenated alkanes) is 2. The smallest absolute Gasteiger partial charge is 0.262 e. The fraction of sp³-hybridized carbons (Fsp3) is 0.316. The van der Waals surface area contributed by atoms with Gasteiger partial charge in [-0.2, -0.15) is 0 Å². The van der Waals surface area contributed by atoms with Crippen LogP contribution >= 0.6 is 0 Å². The normalized spacial score (nSPS) is 11.1. The molecule has 2 aromatic carbocycles. The van der Waals surface area contributed by atoms with Crippen LogP contribution in [0.5, 0.6) is 5.75 Å². The van der Waals surface area contributed by atoms with Gasteiger partial charge >= 0.3 is 0 Å². The maximum Gasteiger partial charge on any atom is 0.262 e. The van der Waals surface area contributed by atoms with Crippen molar-refractivity contribution in [3.63, 3.8) is 0 Å². The third-order valence-electron chi connectivity index (χ3n) is 3.86. The van der Waals surface area contributed by atoms with E-state index >= 15 is 0 Å². The molecule has 2 rings (SSSR count). The molecule has 0 spiro atoms. The average Bonchev–Trinajstić information content (AvgIpc) is 2.62. The summed E-state index contributed by atoms with van der Waals surface area (Å²) in [6, 6.07) is 9.15. The standard InChI is InChI=1S/C19H23FN2O4S/c1-3-4-5-6-19(23)21-15-9-12-18(26-2)17(13-15)22-27(24,25)16-10-7-14(20)8-11-16/h7-13,22H,3-6H2,1-2H3,(H,21,23). The van der Waals surface area contributed by atoms with Gasteiger partial charge < -0.3 is 10.1 Å². The van der Waals surface area contributed by atoms with Gasteiger partial charge in [0.1, 0.15) is 11.6 Å². The summed E-state index contributed by atoms with van der Waals surface area (Å²) in [6.07, 6.45) is 3.18. The second kappa shape index (κ2) is 9.36. The minimum atomic E-state index is -3.93. The molecule has 0 saturated heterocycles. The van der Waals surface area contributed by atoms with Gasteiger partial charge in [-0.3, -0.25) is 9.52 Å². The first kappa shape index (κ1) is 20.7. The van der Waals surface area contributed by atoms with E-state index in [4.69, 9.17) is 4.74 Å². The van der Waals surface area contributed by atoms with Crippen molar-refractivity contribution >= 4 is 27.3 Å². The molecule has 0 unspecified atom stereocenters. The van der Waals surface area contributed by atoms with Crippen molar-refractivity contribution in [3.05, 3.63) is 48.3 Å². The number of nitrogens with one attached hydrogen (secondary N) is 2. The van der Waals surface area contributed by atoms with Crippen LogP contribution in [-0.2, 0) is 14.8 Å². The van der Waals surface area contributed by atoms with E-state index in [9.17, 15) is 17.6 Å². The molecule has 8 heteroatoms. The van der Waals surface area contributed by atoms with E-state index in [-0.39, 0.29) is 16.5 Å². The highest BCUT2D eigenvalue weighted by atomic mass is 32.2. The Morgan fingerprint density at radius 3 is 2.44 bits per heavy atom. The van der Waals surface area contributed by atoms with Crippen LogP contribution in [0, 0.1) is 5.82 Å². The number of amides is 1. The van der Waals surface area contributed by atoms with Gasteiger partial charge in [0.15, 0.2) is 0 Å². The number of benzene rings is 2. The third-order valence-corrected chi connectivity index (χ3v) is 5.24. The van der Waals surface area contributed by atoms with E-state index in [1.165, 1.54) is 25.3 Å². The first-order valence-corrected chi connectivity index (χ1v) is 10.1. The van der Waals surface area contributed by atoms with Crippen LogP contribution in [0.2, 0.25) is 0 Å². The third kappa shape index (κ3) is 5.96. The minimum Gasteiger partial charge on any atom is -0.495 e. The average molecular weight is 394 g/mol. The van der Waals surface area contributed by atoms with E-state index < -0.39 is 15.8 Å². The van der Waals surface area contributed by atoms with Gasteiger partial charge in [-0.1, -0.05) is 19.8 Å². The molecular formula is C19H23FN2O4S. The molecule has 0 aromatic heterocycles. The molecule has 0 aliphatic rings. The lowest BCUT2D eigenvalue weighted by molar-refractivity contribution is -0.116. The predicted molar refractivity (Wildman–Crippen MR) is 103 cm³/mol. The number of anilines is 2. The van der Waals surface area contributed by atoms with Gasteiger partial charge in [0.25, 0.3) is 10.0 Å². The van der Waals surface area contributed by atoms with Crippen LogP contribution < -0.4 is 14.8 Å². The molecule has 0 bridgehead atoms. The molecule has 0 radical (unpaired) electrons. The molecule has 27 heavy (non-hydrogen) atoms. The number of methoxy groups -OCH3 is 1. The molecule has 0 aliphatic carbocycles. The van der Waals surface area contributed by atoms with Crippen LogP contribution in [0.1, 0.15) is 32.6 Å². The molecule has 0 aliphatic heterocycles. The highest BCUT2D eigenvalue weighted by Crippen LogP contribution is 2.30. The SMILES string of the molecule is CCCCCC(=O)Nc1ccc(OC)c(NS(=O)(=O)c2ccc(F)cc2)c1. The number of hydrogen-bond acceptors (Lipinski definition) is 4. The highest BCUT2D eigenvalue weighted by Gasteiger charge is 2.17.